The Labute approximate surface area is 158 Å². The molecule has 2 aromatic rings. The van der Waals surface area contributed by atoms with Crippen LogP contribution >= 0.6 is 23.2 Å². The summed E-state index contributed by atoms with van der Waals surface area (Å²) >= 11 is 12.1. The van der Waals surface area contributed by atoms with Gasteiger partial charge in [-0.25, -0.2) is 4.68 Å². The highest BCUT2D eigenvalue weighted by molar-refractivity contribution is 6.37. The molecule has 0 aliphatic carbocycles. The third-order valence-corrected chi connectivity index (χ3v) is 3.65. The molecule has 0 radical (unpaired) electrons. The Morgan fingerprint density at radius 3 is 2.50 bits per heavy atom. The molecule has 0 saturated heterocycles. The Morgan fingerprint density at radius 1 is 1.27 bits per heavy atom. The van der Waals surface area contributed by atoms with Crippen LogP contribution in [0.4, 0.5) is 13.2 Å². The molecule has 0 fully saturated rings. The highest BCUT2D eigenvalue weighted by Crippen LogP contribution is 2.30. The van der Waals surface area contributed by atoms with Crippen molar-refractivity contribution in [3.8, 4) is 5.88 Å². The zero-order valence-corrected chi connectivity index (χ0v) is 15.7. The summed E-state index contributed by atoms with van der Waals surface area (Å²) < 4.78 is 44.7. The molecular formula is C16H16Cl2F3N3O2. The molecular weight excluding hydrogens is 394 g/mol. The van der Waals surface area contributed by atoms with E-state index in [1.807, 2.05) is 0 Å². The lowest BCUT2D eigenvalue weighted by Gasteiger charge is -2.12. The molecule has 26 heavy (non-hydrogen) atoms. The molecule has 0 unspecified atom stereocenters. The summed E-state index contributed by atoms with van der Waals surface area (Å²) in [6.07, 6.45) is -4.76. The van der Waals surface area contributed by atoms with E-state index in [1.54, 1.807) is 26.0 Å². The zero-order valence-electron chi connectivity index (χ0n) is 14.1. The molecule has 1 heterocycles. The van der Waals surface area contributed by atoms with E-state index in [4.69, 9.17) is 32.8 Å². The third kappa shape index (κ3) is 5.28. The first-order valence-electron chi connectivity index (χ1n) is 7.50. The minimum absolute atomic E-state index is 0.0698. The quantitative estimate of drug-likeness (QED) is 0.500. The Morgan fingerprint density at radius 2 is 1.96 bits per heavy atom. The van der Waals surface area contributed by atoms with Crippen molar-refractivity contribution in [2.45, 2.75) is 26.1 Å². The summed E-state index contributed by atoms with van der Waals surface area (Å²) in [7, 11) is 1.35. The molecule has 142 valence electrons. The van der Waals surface area contributed by atoms with Gasteiger partial charge in [0.15, 0.2) is 5.69 Å². The fourth-order valence-electron chi connectivity index (χ4n) is 1.91. The summed E-state index contributed by atoms with van der Waals surface area (Å²) in [5.74, 6) is -0.0698. The molecule has 2 rings (SSSR count). The molecule has 10 heteroatoms. The number of hydrogen-bond acceptors (Lipinski definition) is 4. The third-order valence-electron chi connectivity index (χ3n) is 3.10. The maximum Gasteiger partial charge on any atom is 0.435 e. The Kier molecular flexibility index (Phi) is 6.41. The largest absolute Gasteiger partial charge is 0.471 e. The van der Waals surface area contributed by atoms with Crippen LogP contribution in [-0.2, 0) is 18.1 Å². The molecule has 0 amide bonds. The standard InChI is InChI=1S/C16H16Cl2F3N3O2/c1-9(2)26-23-13(11-5-4-10(17)6-12(11)18)8-25-15-7-14(16(19,20)21)22-24(15)3/h4-7,9H,8H2,1-3H3. The summed E-state index contributed by atoms with van der Waals surface area (Å²) in [6, 6.07) is 5.57. The van der Waals surface area contributed by atoms with Gasteiger partial charge >= 0.3 is 6.18 Å². The maximum absolute atomic E-state index is 12.7. The van der Waals surface area contributed by atoms with Crippen molar-refractivity contribution in [2.24, 2.45) is 12.2 Å². The van der Waals surface area contributed by atoms with Gasteiger partial charge in [-0.2, -0.15) is 18.3 Å². The second-order valence-electron chi connectivity index (χ2n) is 5.59. The first-order chi connectivity index (χ1) is 12.1. The van der Waals surface area contributed by atoms with Crippen molar-refractivity contribution in [1.82, 2.24) is 9.78 Å². The highest BCUT2D eigenvalue weighted by atomic mass is 35.5. The smallest absolute Gasteiger partial charge is 0.435 e. The van der Waals surface area contributed by atoms with Crippen LogP contribution < -0.4 is 4.74 Å². The molecule has 1 aromatic heterocycles. The number of oxime groups is 1. The van der Waals surface area contributed by atoms with Gasteiger partial charge < -0.3 is 9.57 Å². The number of hydrogen-bond donors (Lipinski definition) is 0. The minimum atomic E-state index is -4.56. The molecule has 0 aliphatic rings. The molecule has 0 N–H and O–H groups in total. The van der Waals surface area contributed by atoms with Crippen LogP contribution in [0.15, 0.2) is 29.4 Å². The number of ether oxygens (including phenoxy) is 1. The Hall–Kier alpha value is -1.93. The maximum atomic E-state index is 12.7. The zero-order chi connectivity index (χ0) is 19.5. The van der Waals surface area contributed by atoms with Crippen LogP contribution in [0.5, 0.6) is 5.88 Å². The minimum Gasteiger partial charge on any atom is -0.471 e. The fraction of sp³-hybridized carbons (Fsp3) is 0.375. The van der Waals surface area contributed by atoms with Gasteiger partial charge in [0.2, 0.25) is 5.88 Å². The lowest BCUT2D eigenvalue weighted by Crippen LogP contribution is -2.16. The van der Waals surface area contributed by atoms with E-state index in [2.05, 4.69) is 10.3 Å². The molecule has 0 bridgehead atoms. The first-order valence-corrected chi connectivity index (χ1v) is 8.25. The molecule has 0 spiro atoms. The van der Waals surface area contributed by atoms with Gasteiger partial charge in [-0.3, -0.25) is 0 Å². The number of aryl methyl sites for hydroxylation is 1. The predicted molar refractivity (Wildman–Crippen MR) is 92.9 cm³/mol. The van der Waals surface area contributed by atoms with Gasteiger partial charge in [-0.15, -0.1) is 0 Å². The topological polar surface area (TPSA) is 48.6 Å². The number of rotatable bonds is 6. The van der Waals surface area contributed by atoms with E-state index in [1.165, 1.54) is 13.1 Å². The summed E-state index contributed by atoms with van der Waals surface area (Å²) in [4.78, 5) is 5.24. The van der Waals surface area contributed by atoms with Crippen molar-refractivity contribution in [3.63, 3.8) is 0 Å². The van der Waals surface area contributed by atoms with Crippen LogP contribution in [0, 0.1) is 0 Å². The average molecular weight is 410 g/mol. The second-order valence-corrected chi connectivity index (χ2v) is 6.44. The Balaban J connectivity index is 2.25. The molecule has 1 aromatic carbocycles. The van der Waals surface area contributed by atoms with Gasteiger partial charge in [0.25, 0.3) is 0 Å². The molecule has 5 nitrogen and oxygen atoms in total. The molecule has 0 atom stereocenters. The van der Waals surface area contributed by atoms with Crippen LogP contribution in [0.2, 0.25) is 10.0 Å². The normalized spacial score (nSPS) is 12.6. The average Bonchev–Trinajstić information content (AvgIpc) is 2.89. The number of nitrogens with zero attached hydrogens (tertiary/aromatic N) is 3. The van der Waals surface area contributed by atoms with E-state index in [-0.39, 0.29) is 18.6 Å². The second kappa shape index (κ2) is 8.18. The van der Waals surface area contributed by atoms with E-state index >= 15 is 0 Å². The monoisotopic (exact) mass is 409 g/mol. The number of halogens is 5. The number of alkyl halides is 3. The summed E-state index contributed by atoms with van der Waals surface area (Å²) in [6.45, 7) is 3.38. The van der Waals surface area contributed by atoms with Crippen molar-refractivity contribution < 1.29 is 22.7 Å². The van der Waals surface area contributed by atoms with E-state index in [9.17, 15) is 13.2 Å². The van der Waals surface area contributed by atoms with Crippen LogP contribution in [0.3, 0.4) is 0 Å². The van der Waals surface area contributed by atoms with Gasteiger partial charge in [-0.1, -0.05) is 28.4 Å². The van der Waals surface area contributed by atoms with Crippen molar-refractivity contribution in [3.05, 3.63) is 45.6 Å². The fourth-order valence-corrected chi connectivity index (χ4v) is 2.43. The van der Waals surface area contributed by atoms with Gasteiger partial charge in [0.05, 0.1) is 5.02 Å². The Bertz CT molecular complexity index is 805. The molecule has 0 saturated carbocycles. The van der Waals surface area contributed by atoms with Crippen LogP contribution in [0.1, 0.15) is 25.1 Å². The lowest BCUT2D eigenvalue weighted by atomic mass is 10.1. The van der Waals surface area contributed by atoms with E-state index in [0.29, 0.717) is 21.3 Å². The van der Waals surface area contributed by atoms with Gasteiger partial charge in [0.1, 0.15) is 18.4 Å². The predicted octanol–water partition coefficient (Wildman–Crippen LogP) is 4.95. The summed E-state index contributed by atoms with van der Waals surface area (Å²) in [5, 5.41) is 8.13. The van der Waals surface area contributed by atoms with Gasteiger partial charge in [0, 0.05) is 23.7 Å². The SMILES string of the molecule is CC(C)ON=C(COc1cc(C(F)(F)F)nn1C)c1ccc(Cl)cc1Cl. The van der Waals surface area contributed by atoms with Crippen molar-refractivity contribution in [2.75, 3.05) is 6.61 Å². The first kappa shape index (κ1) is 20.4. The number of aromatic nitrogens is 2. The van der Waals surface area contributed by atoms with Crippen molar-refractivity contribution >= 4 is 28.9 Å². The number of benzene rings is 1. The highest BCUT2D eigenvalue weighted by Gasteiger charge is 2.35. The van der Waals surface area contributed by atoms with E-state index < -0.39 is 11.9 Å². The lowest BCUT2D eigenvalue weighted by molar-refractivity contribution is -0.141. The van der Waals surface area contributed by atoms with Crippen molar-refractivity contribution in [1.29, 1.82) is 0 Å². The summed E-state index contributed by atoms with van der Waals surface area (Å²) in [5.41, 5.74) is -0.249. The van der Waals surface area contributed by atoms with Crippen LogP contribution in [0.25, 0.3) is 0 Å². The van der Waals surface area contributed by atoms with E-state index in [0.717, 1.165) is 10.7 Å². The molecule has 0 aliphatic heterocycles. The van der Waals surface area contributed by atoms with Gasteiger partial charge in [-0.05, 0) is 32.0 Å². The van der Waals surface area contributed by atoms with Crippen LogP contribution in [-0.4, -0.2) is 28.2 Å².